The zero-order chi connectivity index (χ0) is 21.3. The molecule has 8 heteroatoms. The van der Waals surface area contributed by atoms with Gasteiger partial charge < -0.3 is 19.9 Å². The van der Waals surface area contributed by atoms with Crippen LogP contribution in [0, 0.1) is 0 Å². The zero-order valence-corrected chi connectivity index (χ0v) is 17.3. The van der Waals surface area contributed by atoms with Crippen LogP contribution in [0.15, 0.2) is 54.6 Å². The average Bonchev–Trinajstić information content (AvgIpc) is 2.79. The van der Waals surface area contributed by atoms with Crippen molar-refractivity contribution < 1.29 is 19.1 Å². The lowest BCUT2D eigenvalue weighted by Gasteiger charge is -2.34. The Bertz CT molecular complexity index is 866. The molecular formula is C22H24ClN3O4. The van der Waals surface area contributed by atoms with E-state index in [0.29, 0.717) is 42.5 Å². The van der Waals surface area contributed by atoms with Crippen LogP contribution in [0.2, 0.25) is 5.02 Å². The average molecular weight is 430 g/mol. The van der Waals surface area contributed by atoms with Gasteiger partial charge in [0.1, 0.15) is 5.75 Å². The third kappa shape index (κ3) is 6.22. The van der Waals surface area contributed by atoms with Crippen LogP contribution in [-0.2, 0) is 9.59 Å². The third-order valence-electron chi connectivity index (χ3n) is 4.82. The Kier molecular flexibility index (Phi) is 7.68. The molecular weight excluding hydrogens is 406 g/mol. The maximum atomic E-state index is 12.4. The monoisotopic (exact) mass is 429 g/mol. The highest BCUT2D eigenvalue weighted by Crippen LogP contribution is 2.15. The molecule has 1 fully saturated rings. The summed E-state index contributed by atoms with van der Waals surface area (Å²) in [5.41, 5.74) is 0.567. The van der Waals surface area contributed by atoms with Gasteiger partial charge in [0.15, 0.2) is 6.61 Å². The number of amides is 3. The van der Waals surface area contributed by atoms with Crippen LogP contribution < -0.4 is 10.1 Å². The molecule has 0 radical (unpaired) electrons. The molecule has 2 aromatic rings. The van der Waals surface area contributed by atoms with Gasteiger partial charge in [-0.05, 0) is 36.4 Å². The first-order valence-electron chi connectivity index (χ1n) is 9.80. The van der Waals surface area contributed by atoms with E-state index in [1.165, 1.54) is 0 Å². The molecule has 0 aromatic heterocycles. The van der Waals surface area contributed by atoms with Crippen molar-refractivity contribution in [2.24, 2.45) is 0 Å². The molecule has 1 saturated heterocycles. The van der Waals surface area contributed by atoms with E-state index in [9.17, 15) is 14.4 Å². The standard InChI is InChI=1S/C22H24ClN3O4/c23-18-6-8-19(9-7-18)30-16-21(28)26-14-12-25(13-15-26)20(27)10-11-24-22(29)17-4-2-1-3-5-17/h1-9H,10-16H2,(H,24,29). The van der Waals surface area contributed by atoms with Crippen molar-refractivity contribution in [3.8, 4) is 5.75 Å². The predicted molar refractivity (Wildman–Crippen MR) is 113 cm³/mol. The number of benzene rings is 2. The summed E-state index contributed by atoms with van der Waals surface area (Å²) >= 11 is 5.83. The quantitative estimate of drug-likeness (QED) is 0.731. The van der Waals surface area contributed by atoms with Crippen molar-refractivity contribution >= 4 is 29.3 Å². The molecule has 1 N–H and O–H groups in total. The summed E-state index contributed by atoms with van der Waals surface area (Å²) in [7, 11) is 0. The van der Waals surface area contributed by atoms with Gasteiger partial charge in [-0.3, -0.25) is 14.4 Å². The van der Waals surface area contributed by atoms with Crippen LogP contribution in [0.5, 0.6) is 5.75 Å². The van der Waals surface area contributed by atoms with Crippen molar-refractivity contribution in [2.75, 3.05) is 39.3 Å². The molecule has 0 spiro atoms. The minimum absolute atomic E-state index is 0.0344. The van der Waals surface area contributed by atoms with Crippen molar-refractivity contribution in [2.45, 2.75) is 6.42 Å². The molecule has 1 aliphatic rings. The smallest absolute Gasteiger partial charge is 0.260 e. The van der Waals surface area contributed by atoms with E-state index in [1.807, 2.05) is 6.07 Å². The Morgan fingerprint density at radius 2 is 1.47 bits per heavy atom. The summed E-state index contributed by atoms with van der Waals surface area (Å²) < 4.78 is 5.49. The Morgan fingerprint density at radius 3 is 2.10 bits per heavy atom. The zero-order valence-electron chi connectivity index (χ0n) is 16.6. The SMILES string of the molecule is O=C(NCCC(=O)N1CCN(C(=O)COc2ccc(Cl)cc2)CC1)c1ccccc1. The Morgan fingerprint density at radius 1 is 0.867 bits per heavy atom. The summed E-state index contributed by atoms with van der Waals surface area (Å²) in [5.74, 6) is 0.235. The first kappa shape index (κ1) is 21.6. The molecule has 30 heavy (non-hydrogen) atoms. The van der Waals surface area contributed by atoms with Gasteiger partial charge in [0.05, 0.1) is 0 Å². The van der Waals surface area contributed by atoms with E-state index in [2.05, 4.69) is 5.32 Å². The molecule has 0 unspecified atom stereocenters. The number of hydrogen-bond donors (Lipinski definition) is 1. The highest BCUT2D eigenvalue weighted by molar-refractivity contribution is 6.30. The van der Waals surface area contributed by atoms with Gasteiger partial charge in [-0.25, -0.2) is 0 Å². The van der Waals surface area contributed by atoms with Crippen LogP contribution in [0.1, 0.15) is 16.8 Å². The molecule has 0 bridgehead atoms. The topological polar surface area (TPSA) is 79.0 Å². The van der Waals surface area contributed by atoms with Gasteiger partial charge in [0.25, 0.3) is 11.8 Å². The highest BCUT2D eigenvalue weighted by Gasteiger charge is 2.24. The fourth-order valence-electron chi connectivity index (χ4n) is 3.11. The van der Waals surface area contributed by atoms with Gasteiger partial charge in [0.2, 0.25) is 5.91 Å². The number of carbonyl (C=O) groups is 3. The fourth-order valence-corrected chi connectivity index (χ4v) is 3.23. The van der Waals surface area contributed by atoms with E-state index in [0.717, 1.165) is 0 Å². The van der Waals surface area contributed by atoms with E-state index >= 15 is 0 Å². The highest BCUT2D eigenvalue weighted by atomic mass is 35.5. The van der Waals surface area contributed by atoms with Gasteiger partial charge in [-0.15, -0.1) is 0 Å². The second-order valence-corrected chi connectivity index (χ2v) is 7.31. The molecule has 1 aliphatic heterocycles. The van der Waals surface area contributed by atoms with Crippen molar-refractivity contribution in [1.82, 2.24) is 15.1 Å². The van der Waals surface area contributed by atoms with Crippen molar-refractivity contribution in [1.29, 1.82) is 0 Å². The number of piperazine rings is 1. The number of carbonyl (C=O) groups excluding carboxylic acids is 3. The van der Waals surface area contributed by atoms with Crippen LogP contribution >= 0.6 is 11.6 Å². The van der Waals surface area contributed by atoms with E-state index in [1.54, 1.807) is 58.3 Å². The van der Waals surface area contributed by atoms with Crippen LogP contribution in [0.25, 0.3) is 0 Å². The molecule has 3 rings (SSSR count). The van der Waals surface area contributed by atoms with Crippen LogP contribution in [0.4, 0.5) is 0 Å². The summed E-state index contributed by atoms with van der Waals surface area (Å²) in [5, 5.41) is 3.36. The maximum absolute atomic E-state index is 12.4. The predicted octanol–water partition coefficient (Wildman–Crippen LogP) is 2.21. The van der Waals surface area contributed by atoms with Gasteiger partial charge in [-0.2, -0.15) is 0 Å². The number of ether oxygens (including phenoxy) is 1. The summed E-state index contributed by atoms with van der Waals surface area (Å²) in [6, 6.07) is 15.7. The van der Waals surface area contributed by atoms with E-state index < -0.39 is 0 Å². The molecule has 0 aliphatic carbocycles. The van der Waals surface area contributed by atoms with Crippen LogP contribution in [0.3, 0.4) is 0 Å². The summed E-state index contributed by atoms with van der Waals surface area (Å²) in [6.45, 7) is 2.09. The number of hydrogen-bond acceptors (Lipinski definition) is 4. The van der Waals surface area contributed by atoms with Gasteiger partial charge >= 0.3 is 0 Å². The summed E-state index contributed by atoms with van der Waals surface area (Å²) in [4.78, 5) is 40.1. The number of nitrogens with one attached hydrogen (secondary N) is 1. The normalized spacial score (nSPS) is 13.6. The second-order valence-electron chi connectivity index (χ2n) is 6.88. The molecule has 2 aromatic carbocycles. The largest absolute Gasteiger partial charge is 0.484 e. The Balaban J connectivity index is 1.35. The minimum atomic E-state index is -0.195. The molecule has 158 valence electrons. The summed E-state index contributed by atoms with van der Waals surface area (Å²) in [6.07, 6.45) is 0.228. The van der Waals surface area contributed by atoms with Gasteiger partial charge in [0, 0.05) is 49.7 Å². The number of rotatable bonds is 7. The van der Waals surface area contributed by atoms with Crippen LogP contribution in [-0.4, -0.2) is 66.9 Å². The van der Waals surface area contributed by atoms with E-state index in [-0.39, 0.29) is 37.3 Å². The fraction of sp³-hybridized carbons (Fsp3) is 0.318. The molecule has 3 amide bonds. The second kappa shape index (κ2) is 10.6. The van der Waals surface area contributed by atoms with Gasteiger partial charge in [-0.1, -0.05) is 29.8 Å². The number of nitrogens with zero attached hydrogens (tertiary/aromatic N) is 2. The first-order chi connectivity index (χ1) is 14.5. The lowest BCUT2D eigenvalue weighted by Crippen LogP contribution is -2.52. The molecule has 0 atom stereocenters. The molecule has 1 heterocycles. The molecule has 0 saturated carbocycles. The molecule has 7 nitrogen and oxygen atoms in total. The lowest BCUT2D eigenvalue weighted by molar-refractivity contribution is -0.140. The van der Waals surface area contributed by atoms with Crippen molar-refractivity contribution in [3.63, 3.8) is 0 Å². The number of halogens is 1. The Labute approximate surface area is 180 Å². The van der Waals surface area contributed by atoms with Crippen molar-refractivity contribution in [3.05, 3.63) is 65.2 Å². The van der Waals surface area contributed by atoms with E-state index in [4.69, 9.17) is 16.3 Å². The maximum Gasteiger partial charge on any atom is 0.260 e. The first-order valence-corrected chi connectivity index (χ1v) is 10.2. The minimum Gasteiger partial charge on any atom is -0.484 e. The Hall–Kier alpha value is -3.06. The lowest BCUT2D eigenvalue weighted by atomic mass is 10.2. The third-order valence-corrected chi connectivity index (χ3v) is 5.07.